The molecule has 0 N–H and O–H groups in total. The van der Waals surface area contributed by atoms with Crippen LogP contribution in [0.3, 0.4) is 0 Å². The van der Waals surface area contributed by atoms with Crippen molar-refractivity contribution >= 4 is 5.97 Å². The van der Waals surface area contributed by atoms with Gasteiger partial charge in [0.15, 0.2) is 0 Å². The number of rotatable bonds is 8. The third kappa shape index (κ3) is 5.27. The molecule has 0 aliphatic heterocycles. The van der Waals surface area contributed by atoms with E-state index in [2.05, 4.69) is 10.0 Å². The van der Waals surface area contributed by atoms with Gasteiger partial charge in [0, 0.05) is 0 Å². The predicted molar refractivity (Wildman–Crippen MR) is 90.0 cm³/mol. The van der Waals surface area contributed by atoms with Gasteiger partial charge in [0.05, 0.1) is 18.9 Å². The molecule has 0 radical (unpaired) electrons. The van der Waals surface area contributed by atoms with Crippen LogP contribution < -0.4 is 4.74 Å². The van der Waals surface area contributed by atoms with Crippen LogP contribution in [0, 0.1) is 10.7 Å². The van der Waals surface area contributed by atoms with E-state index in [0.29, 0.717) is 5.75 Å². The van der Waals surface area contributed by atoms with Gasteiger partial charge in [-0.2, -0.15) is 0 Å². The zero-order valence-electron chi connectivity index (χ0n) is 14.0. The number of benzene rings is 2. The molecule has 7 heteroatoms. The minimum Gasteiger partial charge on any atom is -0.489 e. The summed E-state index contributed by atoms with van der Waals surface area (Å²) in [5.74, 6) is -0.230. The molecular weight excluding hydrogens is 327 g/mol. The molecule has 0 fully saturated rings. The Morgan fingerprint density at radius 3 is 2.52 bits per heavy atom. The van der Waals surface area contributed by atoms with E-state index in [1.165, 1.54) is 19.2 Å². The lowest BCUT2D eigenvalue weighted by molar-refractivity contribution is -0.146. The summed E-state index contributed by atoms with van der Waals surface area (Å²) in [6.45, 7) is 1.96. The summed E-state index contributed by atoms with van der Waals surface area (Å²) in [5.41, 5.74) is 1.51. The molecule has 2 aromatic carbocycles. The Morgan fingerprint density at radius 1 is 1.20 bits per heavy atom. The Kier molecular flexibility index (Phi) is 6.45. The highest BCUT2D eigenvalue weighted by Crippen LogP contribution is 2.17. The molecule has 0 amide bonds. The first-order valence-corrected chi connectivity index (χ1v) is 7.67. The van der Waals surface area contributed by atoms with Crippen LogP contribution in [-0.2, 0) is 22.7 Å². The summed E-state index contributed by atoms with van der Waals surface area (Å²) in [5, 5.41) is 3.98. The maximum absolute atomic E-state index is 13.1. The maximum atomic E-state index is 13.1. The quantitative estimate of drug-likeness (QED) is 0.416. The SMILES string of the molecule is COC(=O)C(C)N(Cc1ccc(OCc2cccc(F)c2)cc1)N=O. The molecular formula is C18H19FN2O4. The number of ether oxygens (including phenoxy) is 2. The van der Waals surface area contributed by atoms with Crippen LogP contribution >= 0.6 is 0 Å². The number of nitroso groups, excluding NO2 is 1. The van der Waals surface area contributed by atoms with Crippen molar-refractivity contribution in [1.82, 2.24) is 5.01 Å². The molecule has 2 rings (SSSR count). The fourth-order valence-corrected chi connectivity index (χ4v) is 2.20. The van der Waals surface area contributed by atoms with Crippen LogP contribution in [0.25, 0.3) is 0 Å². The molecule has 0 aliphatic rings. The lowest BCUT2D eigenvalue weighted by Gasteiger charge is -2.20. The second-order valence-electron chi connectivity index (χ2n) is 5.44. The van der Waals surface area contributed by atoms with Crippen molar-refractivity contribution in [2.45, 2.75) is 26.1 Å². The summed E-state index contributed by atoms with van der Waals surface area (Å²) < 4.78 is 23.3. The van der Waals surface area contributed by atoms with Gasteiger partial charge in [0.2, 0.25) is 0 Å². The third-order valence-electron chi connectivity index (χ3n) is 3.66. The van der Waals surface area contributed by atoms with E-state index < -0.39 is 12.0 Å². The highest BCUT2D eigenvalue weighted by atomic mass is 19.1. The lowest BCUT2D eigenvalue weighted by Crippen LogP contribution is -2.35. The van der Waals surface area contributed by atoms with Gasteiger partial charge in [-0.3, -0.25) is 0 Å². The van der Waals surface area contributed by atoms with Gasteiger partial charge in [-0.15, -0.1) is 4.91 Å². The normalized spacial score (nSPS) is 11.5. The first-order chi connectivity index (χ1) is 12.0. The molecule has 25 heavy (non-hydrogen) atoms. The average Bonchev–Trinajstić information content (AvgIpc) is 2.64. The smallest absolute Gasteiger partial charge is 0.330 e. The Bertz CT molecular complexity index is 721. The minimum atomic E-state index is -0.772. The lowest BCUT2D eigenvalue weighted by atomic mass is 10.2. The Hall–Kier alpha value is -2.96. The topological polar surface area (TPSA) is 68.2 Å². The van der Waals surface area contributed by atoms with E-state index in [4.69, 9.17) is 4.74 Å². The van der Waals surface area contributed by atoms with E-state index in [1.54, 1.807) is 43.3 Å². The number of hydrogen-bond acceptors (Lipinski definition) is 5. The summed E-state index contributed by atoms with van der Waals surface area (Å²) in [6.07, 6.45) is 0. The van der Waals surface area contributed by atoms with E-state index >= 15 is 0 Å². The van der Waals surface area contributed by atoms with Crippen LogP contribution in [0.4, 0.5) is 4.39 Å². The van der Waals surface area contributed by atoms with E-state index in [9.17, 15) is 14.1 Å². The molecule has 1 unspecified atom stereocenters. The molecule has 0 heterocycles. The highest BCUT2D eigenvalue weighted by molar-refractivity contribution is 5.75. The van der Waals surface area contributed by atoms with Gasteiger partial charge >= 0.3 is 5.97 Å². The number of methoxy groups -OCH3 is 1. The Labute approximate surface area is 145 Å². The van der Waals surface area contributed by atoms with Crippen molar-refractivity contribution < 1.29 is 18.7 Å². The van der Waals surface area contributed by atoms with Crippen LogP contribution in [0.1, 0.15) is 18.1 Å². The van der Waals surface area contributed by atoms with Gasteiger partial charge in [0.1, 0.15) is 24.2 Å². The molecule has 0 spiro atoms. The summed E-state index contributed by atoms with van der Waals surface area (Å²) in [6, 6.07) is 12.4. The second-order valence-corrected chi connectivity index (χ2v) is 5.44. The summed E-state index contributed by atoms with van der Waals surface area (Å²) in [7, 11) is 1.26. The highest BCUT2D eigenvalue weighted by Gasteiger charge is 2.22. The van der Waals surface area contributed by atoms with Crippen molar-refractivity contribution in [2.24, 2.45) is 5.29 Å². The molecule has 0 saturated heterocycles. The van der Waals surface area contributed by atoms with Crippen LogP contribution in [0.2, 0.25) is 0 Å². The van der Waals surface area contributed by atoms with Crippen molar-refractivity contribution in [1.29, 1.82) is 0 Å². The van der Waals surface area contributed by atoms with Crippen molar-refractivity contribution in [3.05, 3.63) is 70.4 Å². The van der Waals surface area contributed by atoms with Crippen LogP contribution in [-0.4, -0.2) is 24.1 Å². The van der Waals surface area contributed by atoms with Crippen molar-refractivity contribution in [3.63, 3.8) is 0 Å². The monoisotopic (exact) mass is 346 g/mol. The van der Waals surface area contributed by atoms with E-state index in [1.807, 2.05) is 0 Å². The summed E-state index contributed by atoms with van der Waals surface area (Å²) >= 11 is 0. The van der Waals surface area contributed by atoms with Gasteiger partial charge in [0.25, 0.3) is 0 Å². The molecule has 6 nitrogen and oxygen atoms in total. The van der Waals surface area contributed by atoms with Gasteiger partial charge in [-0.05, 0) is 42.3 Å². The van der Waals surface area contributed by atoms with Gasteiger partial charge in [-0.25, -0.2) is 14.2 Å². The van der Waals surface area contributed by atoms with E-state index in [-0.39, 0.29) is 19.0 Å². The van der Waals surface area contributed by atoms with Gasteiger partial charge < -0.3 is 9.47 Å². The molecule has 132 valence electrons. The molecule has 2 aromatic rings. The number of nitrogens with zero attached hydrogens (tertiary/aromatic N) is 2. The number of carbonyl (C=O) groups excluding carboxylic acids is 1. The Morgan fingerprint density at radius 2 is 1.92 bits per heavy atom. The number of hydrogen-bond donors (Lipinski definition) is 0. The summed E-state index contributed by atoms with van der Waals surface area (Å²) in [4.78, 5) is 22.4. The van der Waals surface area contributed by atoms with Gasteiger partial charge in [-0.1, -0.05) is 24.3 Å². The minimum absolute atomic E-state index is 0.171. The second kappa shape index (κ2) is 8.77. The molecule has 0 aliphatic carbocycles. The average molecular weight is 346 g/mol. The number of carbonyl (C=O) groups is 1. The fraction of sp³-hybridized carbons (Fsp3) is 0.278. The van der Waals surface area contributed by atoms with Crippen molar-refractivity contribution in [2.75, 3.05) is 7.11 Å². The Balaban J connectivity index is 1.94. The zero-order valence-corrected chi connectivity index (χ0v) is 14.0. The van der Waals surface area contributed by atoms with Crippen LogP contribution in [0.15, 0.2) is 53.8 Å². The standard InChI is InChI=1S/C18H19FN2O4/c1-13(18(22)24-2)21(20-23)11-14-6-8-17(9-7-14)25-12-15-4-3-5-16(19)10-15/h3-10,13H,11-12H2,1-2H3. The molecule has 0 aromatic heterocycles. The zero-order chi connectivity index (χ0) is 18.2. The number of esters is 1. The molecule has 0 bridgehead atoms. The predicted octanol–water partition coefficient (Wildman–Crippen LogP) is 3.45. The first kappa shape index (κ1) is 18.4. The fourth-order valence-electron chi connectivity index (χ4n) is 2.20. The van der Waals surface area contributed by atoms with E-state index in [0.717, 1.165) is 16.1 Å². The van der Waals surface area contributed by atoms with Crippen molar-refractivity contribution in [3.8, 4) is 5.75 Å². The first-order valence-electron chi connectivity index (χ1n) is 7.67. The van der Waals surface area contributed by atoms with Crippen LogP contribution in [0.5, 0.6) is 5.75 Å². The molecule has 1 atom stereocenters. The maximum Gasteiger partial charge on any atom is 0.330 e. The largest absolute Gasteiger partial charge is 0.489 e. The molecule has 0 saturated carbocycles. The number of halogens is 1. The third-order valence-corrected chi connectivity index (χ3v) is 3.66.